The third-order valence-corrected chi connectivity index (χ3v) is 9.93. The molecule has 2 saturated heterocycles. The second-order valence-electron chi connectivity index (χ2n) is 9.05. The number of H-pyrrole nitrogens is 2. The molecule has 20 nitrogen and oxygen atoms in total. The second kappa shape index (κ2) is 13.7. The zero-order chi connectivity index (χ0) is 32.5. The number of ether oxygens (including phenoxy) is 2. The van der Waals surface area contributed by atoms with E-state index >= 15 is 0 Å². The van der Waals surface area contributed by atoms with Gasteiger partial charge in [-0.2, -0.15) is 0 Å². The summed E-state index contributed by atoms with van der Waals surface area (Å²) < 4.78 is 90.0. The van der Waals surface area contributed by atoms with Crippen LogP contribution in [0.4, 0.5) is 8.78 Å². The first-order valence-corrected chi connectivity index (χ1v) is 15.5. The van der Waals surface area contributed by atoms with Crippen molar-refractivity contribution in [2.75, 3.05) is 13.2 Å². The van der Waals surface area contributed by atoms with Crippen LogP contribution in [0.25, 0.3) is 0 Å². The van der Waals surface area contributed by atoms with Gasteiger partial charge in [-0.15, -0.1) is 17.8 Å². The van der Waals surface area contributed by atoms with Crippen LogP contribution in [0.2, 0.25) is 0 Å². The first-order chi connectivity index (χ1) is 20.6. The molecule has 25 heteroatoms. The van der Waals surface area contributed by atoms with Gasteiger partial charge in [0.1, 0.15) is 49.8 Å². The lowest BCUT2D eigenvalue weighted by molar-refractivity contribution is -0.0520. The van der Waals surface area contributed by atoms with E-state index in [0.29, 0.717) is 4.57 Å². The van der Waals surface area contributed by atoms with Gasteiger partial charge in [0.2, 0.25) is 0 Å². The van der Waals surface area contributed by atoms with Gasteiger partial charge in [0.05, 0.1) is 0 Å². The summed E-state index contributed by atoms with van der Waals surface area (Å²) in [6.07, 6.45) is -11.6. The predicted octanol–water partition coefficient (Wildman–Crippen LogP) is -1.93. The number of alkyl halides is 2. The molecule has 44 heavy (non-hydrogen) atoms. The molecule has 2 fully saturated rings. The lowest BCUT2D eigenvalue weighted by Crippen LogP contribution is -2.37. The Balaban J connectivity index is 1.28. The van der Waals surface area contributed by atoms with Gasteiger partial charge < -0.3 is 29.9 Å². The fourth-order valence-corrected chi connectivity index (χ4v) is 6.81. The average Bonchev–Trinajstić information content (AvgIpc) is 3.40. The molecule has 0 saturated carbocycles. The normalized spacial score (nSPS) is 29.9. The molecule has 0 radical (unpaired) electrons. The van der Waals surface area contributed by atoms with Crippen molar-refractivity contribution in [3.8, 4) is 0 Å². The maximum absolute atomic E-state index is 14.4. The maximum atomic E-state index is 14.4. The Hall–Kier alpha value is -2.84. The van der Waals surface area contributed by atoms with Crippen LogP contribution in [-0.2, 0) is 36.5 Å². The molecule has 3 unspecified atom stereocenters. The minimum absolute atomic E-state index is 0.686. The Morgan fingerprint density at radius 3 is 1.61 bits per heavy atom. The van der Waals surface area contributed by atoms with E-state index < -0.39 is 115 Å². The summed E-state index contributed by atoms with van der Waals surface area (Å²) in [7, 11) is -12.2. The van der Waals surface area contributed by atoms with E-state index in [-0.39, 0.29) is 0 Å². The molecule has 0 amide bonds. The molecule has 240 valence electrons. The van der Waals surface area contributed by atoms with E-state index in [0.717, 1.165) is 29.1 Å². The summed E-state index contributed by atoms with van der Waals surface area (Å²) >= 11 is 0. The smallest absolute Gasteiger partial charge is 0.387 e. The van der Waals surface area contributed by atoms with E-state index in [9.17, 15) is 62.1 Å². The van der Waals surface area contributed by atoms with E-state index in [1.807, 2.05) is 9.97 Å². The van der Waals surface area contributed by atoms with Crippen molar-refractivity contribution in [2.45, 2.75) is 54.5 Å². The zero-order valence-corrected chi connectivity index (χ0v) is 24.2. The number of nitrogens with one attached hydrogen (secondary N) is 2. The van der Waals surface area contributed by atoms with Crippen LogP contribution in [0, 0.1) is 0 Å². The lowest BCUT2D eigenvalue weighted by atomic mass is 10.1. The van der Waals surface area contributed by atoms with Crippen molar-refractivity contribution in [2.24, 2.45) is 0 Å². The molecule has 11 atom stereocenters. The quantitative estimate of drug-likeness (QED) is 0.132. The number of aliphatic hydroxyl groups excluding tert-OH is 4. The van der Waals surface area contributed by atoms with Gasteiger partial charge in [0.25, 0.3) is 11.1 Å². The topological polar surface area (TPSA) is 288 Å². The summed E-state index contributed by atoms with van der Waals surface area (Å²) in [6.45, 7) is -1.99. The number of halogens is 2. The molecule has 2 aromatic rings. The van der Waals surface area contributed by atoms with Gasteiger partial charge in [-0.1, -0.05) is 0 Å². The van der Waals surface area contributed by atoms with Crippen LogP contribution < -0.4 is 22.5 Å². The number of nitrogens with zero attached hydrogens (tertiary/aromatic N) is 2. The van der Waals surface area contributed by atoms with E-state index in [1.54, 1.807) is 0 Å². The van der Waals surface area contributed by atoms with E-state index in [1.165, 1.54) is 0 Å². The van der Waals surface area contributed by atoms with Gasteiger partial charge in [-0.3, -0.25) is 28.7 Å². The number of aromatic amines is 2. The molecule has 0 spiro atoms. The fraction of sp³-hybridized carbons (Fsp3) is 0.579. The molecule has 2 aromatic heterocycles. The second-order valence-corrected chi connectivity index (χ2v) is 13.2. The Kier molecular flexibility index (Phi) is 10.6. The Morgan fingerprint density at radius 2 is 1.18 bits per heavy atom. The van der Waals surface area contributed by atoms with Crippen LogP contribution in [0.15, 0.2) is 43.7 Å². The molecule has 4 heterocycles. The molecule has 0 bridgehead atoms. The maximum Gasteiger partial charge on any atom is 0.745 e. The predicted molar refractivity (Wildman–Crippen MR) is 135 cm³/mol. The zero-order valence-electron chi connectivity index (χ0n) is 21.5. The van der Waals surface area contributed by atoms with Gasteiger partial charge >= 0.3 is 41.1 Å². The Morgan fingerprint density at radius 1 is 0.750 bits per heavy atom. The van der Waals surface area contributed by atoms with Gasteiger partial charge in [-0.05, 0) is 9.13 Å². The summed E-state index contributed by atoms with van der Waals surface area (Å²) in [5.74, 6) is 0. The molecule has 2 aliphatic heterocycles. The summed E-state index contributed by atoms with van der Waals surface area (Å²) in [6, 6.07) is 1.82. The molecular weight excluding hydrogens is 671 g/mol. The highest BCUT2D eigenvalue weighted by molar-refractivity contribution is 7.63. The highest BCUT2D eigenvalue weighted by Gasteiger charge is 2.79. The molecule has 0 aliphatic carbocycles. The Bertz CT molecular complexity index is 1660. The van der Waals surface area contributed by atoms with Crippen molar-refractivity contribution < 1.29 is 65.7 Å². The molecule has 6 N–H and O–H groups in total. The van der Waals surface area contributed by atoms with Crippen LogP contribution in [-0.4, -0.2) is 94.8 Å². The molecule has 4 rings (SSSR count). The highest BCUT2D eigenvalue weighted by Crippen LogP contribution is 2.62. The number of hydrogen-bond acceptors (Lipinski definition) is 16. The highest BCUT2D eigenvalue weighted by atomic mass is 31.2. The van der Waals surface area contributed by atoms with Crippen molar-refractivity contribution in [3.63, 3.8) is 0 Å². The third-order valence-electron chi connectivity index (χ3n) is 6.21. The molecular formula is C19H22F2N4O16P3+3. The van der Waals surface area contributed by atoms with Gasteiger partial charge in [0.15, 0.2) is 16.8 Å². The third kappa shape index (κ3) is 7.17. The fourth-order valence-electron chi connectivity index (χ4n) is 4.00. The first-order valence-electron chi connectivity index (χ1n) is 12.0. The number of hydrogen-bond donors (Lipinski definition) is 6. The van der Waals surface area contributed by atoms with Crippen LogP contribution in [0.1, 0.15) is 12.5 Å². The van der Waals surface area contributed by atoms with E-state index in [2.05, 4.69) is 13.4 Å². The summed E-state index contributed by atoms with van der Waals surface area (Å²) in [5, 5.41) is 35.8. The largest absolute Gasteiger partial charge is 0.745 e. The van der Waals surface area contributed by atoms with Crippen molar-refractivity contribution in [3.05, 3.63) is 66.2 Å². The Labute approximate surface area is 243 Å². The summed E-state index contributed by atoms with van der Waals surface area (Å²) in [4.78, 5) is 50.0. The average molecular weight is 693 g/mol. The van der Waals surface area contributed by atoms with E-state index in [4.69, 9.17) is 9.47 Å². The van der Waals surface area contributed by atoms with Gasteiger partial charge in [-0.25, -0.2) is 9.59 Å². The lowest BCUT2D eigenvalue weighted by Gasteiger charge is -2.16. The number of rotatable bonds is 12. The van der Waals surface area contributed by atoms with Gasteiger partial charge in [0, 0.05) is 29.1 Å². The minimum Gasteiger partial charge on any atom is -0.387 e. The van der Waals surface area contributed by atoms with Crippen LogP contribution in [0.3, 0.4) is 0 Å². The molecule has 2 aliphatic rings. The monoisotopic (exact) mass is 693 g/mol. The standard InChI is InChI=1S/C19H20F2N4O16P3/c20-19(21,42(34)37-5-7-11(28)13(30)15(39-7)24-3-1-9(26)22-17(24)32)43(35)41-44(36)38-6-8-12(29)14(31)16(40-8)25-4-2-10(27)23-18(25)33/h1-4,7-8,11-16,28-31H,5-6H2/q+1/p+2/t7-,8+,11-,12+,13-,14+,15-,16+/m1/s1. The summed E-state index contributed by atoms with van der Waals surface area (Å²) in [5.41, 5.74) is -3.58. The van der Waals surface area contributed by atoms with Crippen LogP contribution >= 0.6 is 24.3 Å². The number of aromatic nitrogens is 4. The van der Waals surface area contributed by atoms with Crippen molar-refractivity contribution >= 4 is 24.3 Å². The first kappa shape index (κ1) is 34.0. The SMILES string of the molecule is O=c1ccn([C@@H]2O[C@H](CO[P+](=O)C(F)(F)[P+](=O)O[P+](=O)OC[C@@H]3O[C@H](n4ccc(=O)[nH]c4=O)[C@@H](O)[C@H]3O)[C@@H](O)[C@H]2O)c(=O)[nH]1. The molecule has 0 aromatic carbocycles. The minimum atomic E-state index is -4.79. The van der Waals surface area contributed by atoms with Crippen molar-refractivity contribution in [1.82, 2.24) is 19.1 Å². The van der Waals surface area contributed by atoms with Crippen LogP contribution in [0.5, 0.6) is 0 Å². The van der Waals surface area contributed by atoms with Crippen molar-refractivity contribution in [1.29, 1.82) is 0 Å². The number of aliphatic hydroxyl groups is 4.